The molecular weight excluding hydrogens is 214 g/mol. The molecule has 0 amide bonds. The lowest BCUT2D eigenvalue weighted by Crippen LogP contribution is -2.22. The van der Waals surface area contributed by atoms with E-state index in [-0.39, 0.29) is 0 Å². The molecule has 0 aromatic carbocycles. The van der Waals surface area contributed by atoms with Crippen LogP contribution in [0.25, 0.3) is 0 Å². The molecule has 1 aromatic heterocycles. The molecule has 2 unspecified atom stereocenters. The van der Waals surface area contributed by atoms with Gasteiger partial charge in [-0.1, -0.05) is 33.6 Å². The first-order valence-electron chi connectivity index (χ1n) is 6.46. The monoisotopic (exact) mass is 239 g/mol. The highest BCUT2D eigenvalue weighted by Gasteiger charge is 2.16. The van der Waals surface area contributed by atoms with Crippen molar-refractivity contribution in [2.75, 3.05) is 6.54 Å². The fraction of sp³-hybridized carbons (Fsp3) is 0.714. The highest BCUT2D eigenvalue weighted by atomic mass is 32.1. The summed E-state index contributed by atoms with van der Waals surface area (Å²) in [4.78, 5) is 1.53. The lowest BCUT2D eigenvalue weighted by atomic mass is 9.95. The van der Waals surface area contributed by atoms with E-state index in [2.05, 4.69) is 44.5 Å². The minimum absolute atomic E-state index is 0.562. The van der Waals surface area contributed by atoms with Crippen LogP contribution in [0.2, 0.25) is 0 Å². The Labute approximate surface area is 104 Å². The van der Waals surface area contributed by atoms with Crippen LogP contribution in [0.15, 0.2) is 11.4 Å². The van der Waals surface area contributed by atoms with Crippen LogP contribution in [0.3, 0.4) is 0 Å². The standard InChI is InChI=1S/C14H25NS/c1-5-7-11(3)10-13(15-6-2)14-12(4)8-9-16-14/h8-9,11,13,15H,5-7,10H2,1-4H3. The summed E-state index contributed by atoms with van der Waals surface area (Å²) < 4.78 is 0. The topological polar surface area (TPSA) is 12.0 Å². The van der Waals surface area contributed by atoms with Crippen molar-refractivity contribution in [3.05, 3.63) is 21.9 Å². The van der Waals surface area contributed by atoms with Crippen LogP contribution in [-0.4, -0.2) is 6.54 Å². The summed E-state index contributed by atoms with van der Waals surface area (Å²) in [5.41, 5.74) is 1.44. The van der Waals surface area contributed by atoms with Crippen molar-refractivity contribution in [2.45, 2.75) is 53.0 Å². The van der Waals surface area contributed by atoms with Crippen molar-refractivity contribution in [2.24, 2.45) is 5.92 Å². The van der Waals surface area contributed by atoms with Crippen molar-refractivity contribution < 1.29 is 0 Å². The van der Waals surface area contributed by atoms with Gasteiger partial charge < -0.3 is 5.32 Å². The zero-order valence-corrected chi connectivity index (χ0v) is 11.9. The summed E-state index contributed by atoms with van der Waals surface area (Å²) in [6, 6.07) is 2.79. The van der Waals surface area contributed by atoms with Gasteiger partial charge in [0.15, 0.2) is 0 Å². The third-order valence-electron chi connectivity index (χ3n) is 3.09. The highest BCUT2D eigenvalue weighted by Crippen LogP contribution is 2.29. The number of hydrogen-bond donors (Lipinski definition) is 1. The van der Waals surface area contributed by atoms with Crippen LogP contribution in [0, 0.1) is 12.8 Å². The molecule has 0 fully saturated rings. The Kier molecular flexibility index (Phi) is 6.07. The van der Waals surface area contributed by atoms with Crippen molar-refractivity contribution >= 4 is 11.3 Å². The predicted molar refractivity (Wildman–Crippen MR) is 74.2 cm³/mol. The molecule has 0 aliphatic heterocycles. The summed E-state index contributed by atoms with van der Waals surface area (Å²) in [6.45, 7) is 10.1. The molecule has 2 heteroatoms. The first-order chi connectivity index (χ1) is 7.69. The van der Waals surface area contributed by atoms with Gasteiger partial charge in [-0.15, -0.1) is 11.3 Å². The van der Waals surface area contributed by atoms with Gasteiger partial charge in [-0.3, -0.25) is 0 Å². The Morgan fingerprint density at radius 1 is 1.38 bits per heavy atom. The molecule has 0 aliphatic rings. The van der Waals surface area contributed by atoms with E-state index in [1.165, 1.54) is 29.7 Å². The number of aryl methyl sites for hydroxylation is 1. The van der Waals surface area contributed by atoms with E-state index < -0.39 is 0 Å². The summed E-state index contributed by atoms with van der Waals surface area (Å²) in [7, 11) is 0. The molecule has 1 N–H and O–H groups in total. The highest BCUT2D eigenvalue weighted by molar-refractivity contribution is 7.10. The van der Waals surface area contributed by atoms with Crippen LogP contribution >= 0.6 is 11.3 Å². The molecule has 0 saturated carbocycles. The summed E-state index contributed by atoms with van der Waals surface area (Å²) in [6.07, 6.45) is 3.90. The van der Waals surface area contributed by atoms with Gasteiger partial charge in [-0.05, 0) is 42.8 Å². The lowest BCUT2D eigenvalue weighted by molar-refractivity contribution is 0.398. The molecule has 2 atom stereocenters. The second-order valence-electron chi connectivity index (χ2n) is 4.71. The minimum Gasteiger partial charge on any atom is -0.310 e. The Balaban J connectivity index is 2.64. The number of hydrogen-bond acceptors (Lipinski definition) is 2. The number of nitrogens with one attached hydrogen (secondary N) is 1. The molecule has 1 aromatic rings. The molecule has 16 heavy (non-hydrogen) atoms. The van der Waals surface area contributed by atoms with Crippen molar-refractivity contribution in [3.63, 3.8) is 0 Å². The summed E-state index contributed by atoms with van der Waals surface area (Å²) in [5.74, 6) is 0.815. The van der Waals surface area contributed by atoms with E-state index in [0.717, 1.165) is 12.5 Å². The fourth-order valence-corrected chi connectivity index (χ4v) is 3.30. The van der Waals surface area contributed by atoms with Gasteiger partial charge in [0.25, 0.3) is 0 Å². The summed E-state index contributed by atoms with van der Waals surface area (Å²) >= 11 is 1.90. The Morgan fingerprint density at radius 2 is 2.12 bits per heavy atom. The Bertz CT molecular complexity index is 293. The van der Waals surface area contributed by atoms with E-state index in [0.29, 0.717) is 6.04 Å². The molecule has 0 aliphatic carbocycles. The van der Waals surface area contributed by atoms with E-state index in [1.807, 2.05) is 11.3 Å². The van der Waals surface area contributed by atoms with Gasteiger partial charge in [-0.2, -0.15) is 0 Å². The van der Waals surface area contributed by atoms with Crippen LogP contribution in [0.5, 0.6) is 0 Å². The molecule has 0 saturated heterocycles. The maximum atomic E-state index is 3.63. The first kappa shape index (κ1) is 13.7. The second kappa shape index (κ2) is 7.08. The van der Waals surface area contributed by atoms with Gasteiger partial charge in [0.05, 0.1) is 0 Å². The predicted octanol–water partition coefficient (Wildman–Crippen LogP) is 4.53. The smallest absolute Gasteiger partial charge is 0.0419 e. The van der Waals surface area contributed by atoms with Crippen molar-refractivity contribution in [3.8, 4) is 0 Å². The molecular formula is C14H25NS. The molecule has 1 rings (SSSR count). The van der Waals surface area contributed by atoms with E-state index >= 15 is 0 Å². The van der Waals surface area contributed by atoms with E-state index in [4.69, 9.17) is 0 Å². The Morgan fingerprint density at radius 3 is 2.62 bits per heavy atom. The number of rotatable bonds is 7. The maximum Gasteiger partial charge on any atom is 0.0419 e. The summed E-state index contributed by atoms with van der Waals surface area (Å²) in [5, 5.41) is 5.83. The van der Waals surface area contributed by atoms with Crippen LogP contribution < -0.4 is 5.32 Å². The van der Waals surface area contributed by atoms with E-state index in [9.17, 15) is 0 Å². The molecule has 0 spiro atoms. The largest absolute Gasteiger partial charge is 0.310 e. The molecule has 0 bridgehead atoms. The Hall–Kier alpha value is -0.340. The molecule has 92 valence electrons. The van der Waals surface area contributed by atoms with Gasteiger partial charge in [0.1, 0.15) is 0 Å². The van der Waals surface area contributed by atoms with E-state index in [1.54, 1.807) is 0 Å². The van der Waals surface area contributed by atoms with Gasteiger partial charge in [-0.25, -0.2) is 0 Å². The normalized spacial score (nSPS) is 15.0. The van der Waals surface area contributed by atoms with Gasteiger partial charge >= 0.3 is 0 Å². The first-order valence-corrected chi connectivity index (χ1v) is 7.34. The fourth-order valence-electron chi connectivity index (χ4n) is 2.28. The van der Waals surface area contributed by atoms with Crippen LogP contribution in [-0.2, 0) is 0 Å². The lowest BCUT2D eigenvalue weighted by Gasteiger charge is -2.21. The number of thiophene rings is 1. The maximum absolute atomic E-state index is 3.63. The molecule has 1 nitrogen and oxygen atoms in total. The third-order valence-corrected chi connectivity index (χ3v) is 4.22. The van der Waals surface area contributed by atoms with Gasteiger partial charge in [0, 0.05) is 10.9 Å². The van der Waals surface area contributed by atoms with Crippen LogP contribution in [0.1, 0.15) is 56.5 Å². The van der Waals surface area contributed by atoms with Crippen LogP contribution in [0.4, 0.5) is 0 Å². The quantitative estimate of drug-likeness (QED) is 0.737. The SMILES string of the molecule is CCCC(C)CC(NCC)c1sccc1C. The third kappa shape index (κ3) is 3.91. The zero-order valence-electron chi connectivity index (χ0n) is 11.0. The van der Waals surface area contributed by atoms with Crippen molar-refractivity contribution in [1.29, 1.82) is 0 Å². The molecule has 1 heterocycles. The second-order valence-corrected chi connectivity index (χ2v) is 5.66. The molecule has 0 radical (unpaired) electrons. The average Bonchev–Trinajstić information content (AvgIpc) is 2.64. The van der Waals surface area contributed by atoms with Crippen molar-refractivity contribution in [1.82, 2.24) is 5.32 Å². The minimum atomic E-state index is 0.562. The van der Waals surface area contributed by atoms with Gasteiger partial charge in [0.2, 0.25) is 0 Å². The zero-order chi connectivity index (χ0) is 12.0. The average molecular weight is 239 g/mol.